The maximum absolute atomic E-state index is 13.3. The standard InChI is InChI=1S/C18H25F9O4.C10H16O4.C9H15F3O2.CH4/c1-5-13(2,3)12(28)31-11-7-9(14(4,29)16(19,20)21)6-10(8-11)15(30,17(22,23)24)18(25,26)27;1-4-10(2,3)9(12)14-7-5-6-13-8(7)11;1-5-8(3,4)7(13)14-6(2)9(10,11)12;/h9-11,29-30H,5-8H2,1-4H3;7H,4-6H2,1-3H3;6H,5H2,1-4H3;1H4. The third-order valence-corrected chi connectivity index (χ3v) is 11.0. The molecule has 6 atom stereocenters. The van der Waals surface area contributed by atoms with Crippen LogP contribution in [0.5, 0.6) is 0 Å². The number of carbonyl (C=O) groups excluding carboxylic acids is 4. The number of ether oxygens (including phenoxy) is 4. The van der Waals surface area contributed by atoms with Gasteiger partial charge in [-0.3, -0.25) is 14.4 Å². The van der Waals surface area contributed by atoms with Crippen molar-refractivity contribution >= 4 is 23.9 Å². The largest absolute Gasteiger partial charge is 0.463 e. The molecule has 10 nitrogen and oxygen atoms in total. The van der Waals surface area contributed by atoms with Crippen LogP contribution < -0.4 is 0 Å². The van der Waals surface area contributed by atoms with Gasteiger partial charge in [0.15, 0.2) is 11.7 Å². The molecule has 2 rings (SSSR count). The quantitative estimate of drug-likeness (QED) is 0.117. The second-order valence-corrected chi connectivity index (χ2v) is 16.7. The lowest BCUT2D eigenvalue weighted by Gasteiger charge is -2.47. The van der Waals surface area contributed by atoms with Crippen molar-refractivity contribution in [2.24, 2.45) is 28.1 Å². The fraction of sp³-hybridized carbons (Fsp3) is 0.895. The summed E-state index contributed by atoms with van der Waals surface area (Å²) in [7, 11) is 0. The summed E-state index contributed by atoms with van der Waals surface area (Å²) >= 11 is 0. The van der Waals surface area contributed by atoms with Crippen molar-refractivity contribution in [1.82, 2.24) is 0 Å². The van der Waals surface area contributed by atoms with Gasteiger partial charge in [0.05, 0.1) is 22.9 Å². The van der Waals surface area contributed by atoms with Crippen LogP contribution in [-0.4, -0.2) is 94.9 Å². The first-order valence-electron chi connectivity index (χ1n) is 18.6. The van der Waals surface area contributed by atoms with E-state index in [-0.39, 0.29) is 26.7 Å². The van der Waals surface area contributed by atoms with Crippen LogP contribution in [0.25, 0.3) is 0 Å². The van der Waals surface area contributed by atoms with E-state index in [0.29, 0.717) is 25.9 Å². The molecule has 0 spiro atoms. The Bertz CT molecular complexity index is 1400. The van der Waals surface area contributed by atoms with Gasteiger partial charge in [-0.1, -0.05) is 28.2 Å². The number of esters is 4. The van der Waals surface area contributed by atoms with Crippen molar-refractivity contribution in [1.29, 1.82) is 0 Å². The van der Waals surface area contributed by atoms with Crippen LogP contribution in [0.3, 0.4) is 0 Å². The molecule has 0 bridgehead atoms. The Kier molecular flexibility index (Phi) is 20.6. The van der Waals surface area contributed by atoms with Crippen LogP contribution in [0.15, 0.2) is 0 Å². The molecule has 356 valence electrons. The second kappa shape index (κ2) is 20.9. The van der Waals surface area contributed by atoms with Crippen molar-refractivity contribution in [2.75, 3.05) is 6.61 Å². The summed E-state index contributed by atoms with van der Waals surface area (Å²) in [6.45, 7) is 16.0. The van der Waals surface area contributed by atoms with Gasteiger partial charge < -0.3 is 29.2 Å². The number of carbonyl (C=O) groups is 4. The topological polar surface area (TPSA) is 146 Å². The minimum Gasteiger partial charge on any atom is -0.463 e. The third-order valence-electron chi connectivity index (χ3n) is 11.0. The first-order chi connectivity index (χ1) is 26.1. The molecule has 1 aliphatic heterocycles. The van der Waals surface area contributed by atoms with Gasteiger partial charge in [0.1, 0.15) is 6.10 Å². The summed E-state index contributed by atoms with van der Waals surface area (Å²) in [5, 5.41) is 19.6. The number of cyclic esters (lactones) is 1. The Morgan fingerprint density at radius 2 is 1.03 bits per heavy atom. The lowest BCUT2D eigenvalue weighted by atomic mass is 9.66. The van der Waals surface area contributed by atoms with Crippen LogP contribution in [0.2, 0.25) is 0 Å². The van der Waals surface area contributed by atoms with E-state index in [2.05, 4.69) is 4.74 Å². The fourth-order valence-corrected chi connectivity index (χ4v) is 5.02. The zero-order valence-electron chi connectivity index (χ0n) is 34.7. The maximum atomic E-state index is 13.3. The summed E-state index contributed by atoms with van der Waals surface area (Å²) in [6, 6.07) is 0. The zero-order valence-corrected chi connectivity index (χ0v) is 34.7. The number of alkyl halides is 12. The average molecular weight is 905 g/mol. The van der Waals surface area contributed by atoms with Gasteiger partial charge in [-0.05, 0) is 93.9 Å². The van der Waals surface area contributed by atoms with Crippen molar-refractivity contribution in [2.45, 2.75) is 183 Å². The number of hydrogen-bond donors (Lipinski definition) is 2. The molecule has 2 fully saturated rings. The van der Waals surface area contributed by atoms with Crippen LogP contribution in [-0.2, 0) is 38.1 Å². The molecule has 2 N–H and O–H groups in total. The zero-order chi connectivity index (χ0) is 47.2. The summed E-state index contributed by atoms with van der Waals surface area (Å²) in [6.07, 6.45) is -28.7. The normalized spacial score (nSPS) is 22.2. The van der Waals surface area contributed by atoms with Crippen molar-refractivity contribution in [3.63, 3.8) is 0 Å². The summed E-state index contributed by atoms with van der Waals surface area (Å²) in [5.74, 6) is -7.65. The van der Waals surface area contributed by atoms with E-state index in [0.717, 1.165) is 6.92 Å². The van der Waals surface area contributed by atoms with E-state index in [4.69, 9.17) is 14.2 Å². The highest BCUT2D eigenvalue weighted by atomic mass is 19.4. The number of aliphatic hydroxyl groups is 2. The average Bonchev–Trinajstić information content (AvgIpc) is 3.49. The van der Waals surface area contributed by atoms with E-state index in [1.807, 2.05) is 6.92 Å². The Hall–Kier alpha value is -3.04. The highest BCUT2D eigenvalue weighted by molar-refractivity contribution is 5.82. The van der Waals surface area contributed by atoms with Gasteiger partial charge in [-0.25, -0.2) is 4.79 Å². The summed E-state index contributed by atoms with van der Waals surface area (Å²) < 4.78 is 175. The Balaban J connectivity index is 0. The van der Waals surface area contributed by atoms with Crippen LogP contribution >= 0.6 is 0 Å². The fourth-order valence-electron chi connectivity index (χ4n) is 5.02. The van der Waals surface area contributed by atoms with Crippen molar-refractivity contribution in [3.05, 3.63) is 0 Å². The van der Waals surface area contributed by atoms with Gasteiger partial charge in [-0.2, -0.15) is 52.7 Å². The Labute approximate surface area is 342 Å². The van der Waals surface area contributed by atoms with Crippen LogP contribution in [0.4, 0.5) is 52.7 Å². The first kappa shape index (κ1) is 59.1. The van der Waals surface area contributed by atoms with E-state index in [9.17, 15) is 82.1 Å². The number of halogens is 12. The van der Waals surface area contributed by atoms with E-state index in [1.54, 1.807) is 41.5 Å². The highest BCUT2D eigenvalue weighted by Crippen LogP contribution is 2.55. The molecule has 0 amide bonds. The number of rotatable bonds is 11. The molecule has 1 saturated carbocycles. The molecule has 0 aromatic rings. The molecule has 2 aliphatic rings. The molecule has 1 aliphatic carbocycles. The van der Waals surface area contributed by atoms with Gasteiger partial charge in [0, 0.05) is 18.3 Å². The molecular weight excluding hydrogens is 844 g/mol. The predicted octanol–water partition coefficient (Wildman–Crippen LogP) is 9.75. The van der Waals surface area contributed by atoms with E-state index in [1.165, 1.54) is 13.8 Å². The minimum absolute atomic E-state index is 0. The molecule has 22 heteroatoms. The second-order valence-electron chi connectivity index (χ2n) is 16.7. The smallest absolute Gasteiger partial charge is 0.426 e. The predicted molar refractivity (Wildman–Crippen MR) is 190 cm³/mol. The monoisotopic (exact) mass is 904 g/mol. The molecule has 1 saturated heterocycles. The minimum atomic E-state index is -6.28. The maximum Gasteiger partial charge on any atom is 0.426 e. The molecule has 6 unspecified atom stereocenters. The SMILES string of the molecule is C.CCC(C)(C)C(=O)OC(C)C(F)(F)F.CCC(C)(C)C(=O)OC1CC(C(C)(O)C(F)(F)F)CC(C(O)(C(F)(F)F)C(F)(F)F)C1.CCC(C)(C)C(=O)OC1CCOC1=O. The van der Waals surface area contributed by atoms with Gasteiger partial charge in [0.25, 0.3) is 5.60 Å². The molecule has 1 heterocycles. The molecule has 0 aromatic heterocycles. The first-order valence-corrected chi connectivity index (χ1v) is 18.6. The van der Waals surface area contributed by atoms with E-state index >= 15 is 0 Å². The van der Waals surface area contributed by atoms with E-state index < -0.39 is 119 Å². The lowest BCUT2D eigenvalue weighted by Crippen LogP contribution is -2.64. The van der Waals surface area contributed by atoms with Crippen molar-refractivity contribution in [3.8, 4) is 0 Å². The highest BCUT2D eigenvalue weighted by Gasteiger charge is 2.75. The molecule has 60 heavy (non-hydrogen) atoms. The number of hydrogen-bond acceptors (Lipinski definition) is 10. The van der Waals surface area contributed by atoms with Crippen LogP contribution in [0.1, 0.15) is 129 Å². The van der Waals surface area contributed by atoms with Crippen molar-refractivity contribution < 1.29 is 101 Å². The third kappa shape index (κ3) is 15.1. The lowest BCUT2D eigenvalue weighted by molar-refractivity contribution is -0.391. The summed E-state index contributed by atoms with van der Waals surface area (Å²) in [5.41, 5.74) is -11.6. The Morgan fingerprint density at radius 3 is 1.37 bits per heavy atom. The van der Waals surface area contributed by atoms with Gasteiger partial charge >= 0.3 is 48.6 Å². The van der Waals surface area contributed by atoms with Crippen LogP contribution in [0, 0.1) is 28.1 Å². The molecular formula is C38H60F12O10. The molecule has 0 radical (unpaired) electrons. The molecule has 0 aromatic carbocycles. The van der Waals surface area contributed by atoms with Gasteiger partial charge in [0.2, 0.25) is 6.10 Å². The summed E-state index contributed by atoms with van der Waals surface area (Å²) in [4.78, 5) is 46.1. The van der Waals surface area contributed by atoms with Gasteiger partial charge in [-0.15, -0.1) is 0 Å². The Morgan fingerprint density at radius 1 is 0.650 bits per heavy atom.